The first-order valence-electron chi connectivity index (χ1n) is 6.75. The van der Waals surface area contributed by atoms with Gasteiger partial charge < -0.3 is 9.84 Å². The van der Waals surface area contributed by atoms with E-state index in [2.05, 4.69) is 0 Å². The molecule has 1 fully saturated rings. The van der Waals surface area contributed by atoms with Crippen molar-refractivity contribution in [3.05, 3.63) is 11.1 Å². The number of rotatable bonds is 4. The number of carboxylic acid groups (broad SMARTS) is 1. The minimum Gasteiger partial charge on any atom is -0.480 e. The summed E-state index contributed by atoms with van der Waals surface area (Å²) >= 11 is 0. The second kappa shape index (κ2) is 5.35. The van der Waals surface area contributed by atoms with Crippen LogP contribution in [0.5, 0.6) is 0 Å². The number of carbonyl (C=O) groups excluding carboxylic acids is 1. The lowest BCUT2D eigenvalue weighted by Gasteiger charge is -2.34. The number of aliphatic carboxylic acids is 1. The first-order chi connectivity index (χ1) is 8.63. The minimum atomic E-state index is -1.50. The Labute approximate surface area is 114 Å². The fourth-order valence-corrected chi connectivity index (χ4v) is 2.35. The second-order valence-electron chi connectivity index (χ2n) is 6.15. The van der Waals surface area contributed by atoms with Gasteiger partial charge in [0.25, 0.3) is 0 Å². The van der Waals surface area contributed by atoms with Gasteiger partial charge in [0.2, 0.25) is 0 Å². The molecule has 4 heteroatoms. The third-order valence-corrected chi connectivity index (χ3v) is 4.18. The molecule has 19 heavy (non-hydrogen) atoms. The molecule has 0 amide bonds. The summed E-state index contributed by atoms with van der Waals surface area (Å²) in [6.07, 6.45) is 3.58. The molecule has 0 atom stereocenters. The average Bonchev–Trinajstić information content (AvgIpc) is 2.77. The highest BCUT2D eigenvalue weighted by Gasteiger charge is 2.46. The predicted octanol–water partition coefficient (Wildman–Crippen LogP) is 3.31. The number of ether oxygens (including phenoxy) is 1. The van der Waals surface area contributed by atoms with Gasteiger partial charge in [-0.05, 0) is 65.9 Å². The standard InChI is InChI=1S/C15H24O4/c1-10(2)11(3)15(8-6-7-9-15)19-13(18)14(4,5)12(16)17/h6-9H2,1-5H3,(H,16,17). The fourth-order valence-electron chi connectivity index (χ4n) is 2.35. The summed E-state index contributed by atoms with van der Waals surface area (Å²) in [6, 6.07) is 0. The topological polar surface area (TPSA) is 63.6 Å². The molecule has 0 spiro atoms. The van der Waals surface area contributed by atoms with Gasteiger partial charge in [-0.15, -0.1) is 0 Å². The lowest BCUT2D eigenvalue weighted by atomic mass is 9.88. The molecule has 0 aromatic rings. The number of hydrogen-bond donors (Lipinski definition) is 1. The highest BCUT2D eigenvalue weighted by Crippen LogP contribution is 2.41. The van der Waals surface area contributed by atoms with Crippen molar-refractivity contribution in [3.8, 4) is 0 Å². The molecule has 0 aromatic carbocycles. The van der Waals surface area contributed by atoms with Crippen LogP contribution in [-0.2, 0) is 14.3 Å². The third-order valence-electron chi connectivity index (χ3n) is 4.18. The van der Waals surface area contributed by atoms with Crippen LogP contribution < -0.4 is 0 Å². The van der Waals surface area contributed by atoms with E-state index in [1.165, 1.54) is 13.8 Å². The van der Waals surface area contributed by atoms with Crippen LogP contribution in [-0.4, -0.2) is 22.6 Å². The van der Waals surface area contributed by atoms with Crippen LogP contribution in [0.4, 0.5) is 0 Å². The quantitative estimate of drug-likeness (QED) is 0.482. The monoisotopic (exact) mass is 268 g/mol. The smallest absolute Gasteiger partial charge is 0.323 e. The zero-order chi connectivity index (χ0) is 14.8. The summed E-state index contributed by atoms with van der Waals surface area (Å²) in [5.41, 5.74) is 0.0857. The Kier molecular flexibility index (Phi) is 4.43. The number of carboxylic acids is 1. The van der Waals surface area contributed by atoms with E-state index in [1.807, 2.05) is 20.8 Å². The SMILES string of the molecule is CC(C)=C(C)C1(OC(=O)C(C)(C)C(=O)O)CCCC1. The summed E-state index contributed by atoms with van der Waals surface area (Å²) in [5, 5.41) is 9.10. The van der Waals surface area contributed by atoms with Gasteiger partial charge in [0.15, 0.2) is 5.41 Å². The predicted molar refractivity (Wildman–Crippen MR) is 72.8 cm³/mol. The Hall–Kier alpha value is -1.32. The van der Waals surface area contributed by atoms with Crippen molar-refractivity contribution < 1.29 is 19.4 Å². The third kappa shape index (κ3) is 2.99. The molecule has 4 nitrogen and oxygen atoms in total. The molecule has 1 rings (SSSR count). The molecule has 1 aliphatic carbocycles. The maximum atomic E-state index is 12.2. The van der Waals surface area contributed by atoms with Crippen molar-refractivity contribution in [2.24, 2.45) is 5.41 Å². The Morgan fingerprint density at radius 2 is 1.58 bits per heavy atom. The molecular weight excluding hydrogens is 244 g/mol. The molecule has 0 saturated heterocycles. The molecule has 0 heterocycles. The van der Waals surface area contributed by atoms with Gasteiger partial charge in [-0.25, -0.2) is 0 Å². The van der Waals surface area contributed by atoms with Gasteiger partial charge in [-0.1, -0.05) is 5.57 Å². The number of carbonyl (C=O) groups is 2. The van der Waals surface area contributed by atoms with E-state index in [0.717, 1.165) is 36.8 Å². The zero-order valence-corrected chi connectivity index (χ0v) is 12.5. The van der Waals surface area contributed by atoms with Crippen molar-refractivity contribution in [3.63, 3.8) is 0 Å². The van der Waals surface area contributed by atoms with Gasteiger partial charge in [-0.2, -0.15) is 0 Å². The first kappa shape index (κ1) is 15.7. The molecule has 0 unspecified atom stereocenters. The molecule has 0 aliphatic heterocycles. The molecule has 0 radical (unpaired) electrons. The van der Waals surface area contributed by atoms with Crippen molar-refractivity contribution in [2.45, 2.75) is 65.9 Å². The number of hydrogen-bond acceptors (Lipinski definition) is 3. The Balaban J connectivity index is 3.02. The van der Waals surface area contributed by atoms with Gasteiger partial charge in [0.05, 0.1) is 0 Å². The molecule has 1 N–H and O–H groups in total. The molecule has 1 aliphatic rings. The first-order valence-corrected chi connectivity index (χ1v) is 6.75. The van der Waals surface area contributed by atoms with E-state index in [0.29, 0.717) is 0 Å². The Morgan fingerprint density at radius 1 is 1.11 bits per heavy atom. The number of esters is 1. The lowest BCUT2D eigenvalue weighted by Crippen LogP contribution is -2.42. The fraction of sp³-hybridized carbons (Fsp3) is 0.733. The largest absolute Gasteiger partial charge is 0.480 e. The van der Waals surface area contributed by atoms with E-state index in [1.54, 1.807) is 0 Å². The van der Waals surface area contributed by atoms with E-state index >= 15 is 0 Å². The maximum Gasteiger partial charge on any atom is 0.323 e. The molecule has 1 saturated carbocycles. The van der Waals surface area contributed by atoms with Crippen molar-refractivity contribution in [1.29, 1.82) is 0 Å². The van der Waals surface area contributed by atoms with Crippen LogP contribution in [0.15, 0.2) is 11.1 Å². The highest BCUT2D eigenvalue weighted by molar-refractivity contribution is 5.98. The second-order valence-corrected chi connectivity index (χ2v) is 6.15. The van der Waals surface area contributed by atoms with Gasteiger partial charge in [-0.3, -0.25) is 9.59 Å². The molecular formula is C15H24O4. The molecule has 0 aromatic heterocycles. The summed E-state index contributed by atoms with van der Waals surface area (Å²) in [7, 11) is 0. The van der Waals surface area contributed by atoms with Crippen LogP contribution in [0.3, 0.4) is 0 Å². The van der Waals surface area contributed by atoms with Gasteiger partial charge >= 0.3 is 11.9 Å². The van der Waals surface area contributed by atoms with Gasteiger partial charge in [0.1, 0.15) is 5.60 Å². The minimum absolute atomic E-state index is 0.595. The van der Waals surface area contributed by atoms with E-state index in [4.69, 9.17) is 9.84 Å². The van der Waals surface area contributed by atoms with Crippen LogP contribution in [0.25, 0.3) is 0 Å². The van der Waals surface area contributed by atoms with E-state index < -0.39 is 23.0 Å². The Morgan fingerprint density at radius 3 is 1.95 bits per heavy atom. The summed E-state index contributed by atoms with van der Waals surface area (Å²) in [4.78, 5) is 23.3. The van der Waals surface area contributed by atoms with E-state index in [-0.39, 0.29) is 0 Å². The van der Waals surface area contributed by atoms with Crippen LogP contribution in [0.1, 0.15) is 60.3 Å². The average molecular weight is 268 g/mol. The van der Waals surface area contributed by atoms with Crippen LogP contribution >= 0.6 is 0 Å². The van der Waals surface area contributed by atoms with Crippen molar-refractivity contribution >= 4 is 11.9 Å². The zero-order valence-electron chi connectivity index (χ0n) is 12.5. The van der Waals surface area contributed by atoms with E-state index in [9.17, 15) is 9.59 Å². The summed E-state index contributed by atoms with van der Waals surface area (Å²) < 4.78 is 5.67. The highest BCUT2D eigenvalue weighted by atomic mass is 16.6. The number of allylic oxidation sites excluding steroid dienone is 1. The normalized spacial score (nSPS) is 17.9. The van der Waals surface area contributed by atoms with Crippen LogP contribution in [0, 0.1) is 5.41 Å². The van der Waals surface area contributed by atoms with Crippen LogP contribution in [0.2, 0.25) is 0 Å². The summed E-state index contributed by atoms with van der Waals surface area (Å²) in [6.45, 7) is 8.73. The molecule has 0 bridgehead atoms. The Bertz CT molecular complexity index is 408. The van der Waals surface area contributed by atoms with Gasteiger partial charge in [0, 0.05) is 0 Å². The maximum absolute atomic E-state index is 12.2. The van der Waals surface area contributed by atoms with Crippen molar-refractivity contribution in [2.75, 3.05) is 0 Å². The molecule has 108 valence electrons. The summed E-state index contributed by atoms with van der Waals surface area (Å²) in [5.74, 6) is -1.80. The lowest BCUT2D eigenvalue weighted by molar-refractivity contribution is -0.174. The van der Waals surface area contributed by atoms with Crippen molar-refractivity contribution in [1.82, 2.24) is 0 Å².